The van der Waals surface area contributed by atoms with Crippen molar-refractivity contribution in [2.24, 2.45) is 0 Å². The molecule has 0 aliphatic heterocycles. The zero-order valence-electron chi connectivity index (χ0n) is 20.5. The average Bonchev–Trinajstić information content (AvgIpc) is 3.54. The summed E-state index contributed by atoms with van der Waals surface area (Å²) in [5.41, 5.74) is 5.32. The molecule has 4 nitrogen and oxygen atoms in total. The minimum absolute atomic E-state index is 0.969. The van der Waals surface area contributed by atoms with E-state index in [1.165, 1.54) is 51.8 Å². The summed E-state index contributed by atoms with van der Waals surface area (Å²) in [6.45, 7) is 7.04. The van der Waals surface area contributed by atoms with Gasteiger partial charge in [-0.05, 0) is 0 Å². The molecule has 0 bridgehead atoms. The third-order valence-corrected chi connectivity index (χ3v) is 22.6. The molecule has 0 aliphatic carbocycles. The van der Waals surface area contributed by atoms with Crippen molar-refractivity contribution in [2.75, 3.05) is 0 Å². The Morgan fingerprint density at radius 2 is 1.33 bits per heavy atom. The summed E-state index contributed by atoms with van der Waals surface area (Å²) < 4.78 is 8.47. The van der Waals surface area contributed by atoms with Crippen LogP contribution in [0.15, 0.2) is 61.1 Å². The van der Waals surface area contributed by atoms with Gasteiger partial charge in [-0.3, -0.25) is 0 Å². The van der Waals surface area contributed by atoms with Crippen molar-refractivity contribution in [3.05, 3.63) is 61.1 Å². The molecule has 3 aromatic heterocycles. The van der Waals surface area contributed by atoms with Crippen LogP contribution in [0, 0.1) is 0 Å². The molecule has 0 spiro atoms. The monoisotopic (exact) mass is 550 g/mol. The number of unbranched alkanes of at least 4 members (excludes halogenated alkanes) is 3. The number of pyridine rings is 1. The van der Waals surface area contributed by atoms with E-state index in [0.717, 1.165) is 28.2 Å². The van der Waals surface area contributed by atoms with Gasteiger partial charge in [0.15, 0.2) is 0 Å². The van der Waals surface area contributed by atoms with E-state index in [-0.39, 0.29) is 0 Å². The Bertz CT molecular complexity index is 1110. The molecule has 174 valence electrons. The number of nitrogens with zero attached hydrogens (tertiary/aromatic N) is 3. The van der Waals surface area contributed by atoms with Crippen LogP contribution in [0.5, 0.6) is 0 Å². The maximum atomic E-state index is 4.95. The summed E-state index contributed by atoms with van der Waals surface area (Å²) >= 11 is -2.44. The van der Waals surface area contributed by atoms with E-state index in [1.807, 2.05) is 12.3 Å². The Labute approximate surface area is 202 Å². The van der Waals surface area contributed by atoms with Gasteiger partial charge < -0.3 is 0 Å². The SMILES string of the molecule is CCC[CH2][Sn]([CH2]CCC)([CH2]CCC)[c]1ccc2nc(-c3ccc(-c4cc[nH]n4)cc3)cn2c1. The number of H-pyrrole nitrogens is 1. The summed E-state index contributed by atoms with van der Waals surface area (Å²) in [5, 5.41) is 7.17. The van der Waals surface area contributed by atoms with Crippen LogP contribution < -0.4 is 3.58 Å². The average molecular weight is 549 g/mol. The predicted molar refractivity (Wildman–Crippen MR) is 143 cm³/mol. The van der Waals surface area contributed by atoms with Gasteiger partial charge in [0, 0.05) is 0 Å². The second kappa shape index (κ2) is 11.4. The molecule has 0 amide bonds. The first-order chi connectivity index (χ1) is 16.2. The van der Waals surface area contributed by atoms with Crippen molar-refractivity contribution in [1.29, 1.82) is 0 Å². The van der Waals surface area contributed by atoms with Crippen LogP contribution in [0.25, 0.3) is 28.2 Å². The van der Waals surface area contributed by atoms with Crippen molar-refractivity contribution in [1.82, 2.24) is 19.6 Å². The fourth-order valence-corrected chi connectivity index (χ4v) is 20.9. The number of fused-ring (bicyclic) bond motifs is 1. The maximum absolute atomic E-state index is 4.95. The fraction of sp³-hybridized carbons (Fsp3) is 0.429. The number of hydrogen-bond donors (Lipinski definition) is 1. The fourth-order valence-electron chi connectivity index (χ4n) is 5.03. The van der Waals surface area contributed by atoms with Crippen LogP contribution in [-0.4, -0.2) is 38.0 Å². The van der Waals surface area contributed by atoms with E-state index in [4.69, 9.17) is 4.98 Å². The Morgan fingerprint density at radius 1 is 0.727 bits per heavy atom. The van der Waals surface area contributed by atoms with Gasteiger partial charge in [-0.15, -0.1) is 0 Å². The predicted octanol–water partition coefficient (Wildman–Crippen LogP) is 7.45. The quantitative estimate of drug-likeness (QED) is 0.187. The van der Waals surface area contributed by atoms with Gasteiger partial charge in [0.25, 0.3) is 0 Å². The third kappa shape index (κ3) is 5.53. The molecule has 33 heavy (non-hydrogen) atoms. The van der Waals surface area contributed by atoms with Crippen molar-refractivity contribution in [2.45, 2.75) is 72.6 Å². The Kier molecular flexibility index (Phi) is 8.29. The summed E-state index contributed by atoms with van der Waals surface area (Å²) in [6, 6.07) is 15.3. The first kappa shape index (κ1) is 24.1. The standard InChI is InChI=1S/C16H11N4.3C4H9.Sn/c1-2-10-20-11-15(18-16(20)3-1)13-6-4-12(5-7-13)14-8-9-17-19-14;3*1-3-4-2;/h1,3-11H,(H,17,19);3*1,3-4H2,2H3;. The van der Waals surface area contributed by atoms with Crippen LogP contribution in [0.1, 0.15) is 59.3 Å². The third-order valence-electron chi connectivity index (χ3n) is 7.07. The van der Waals surface area contributed by atoms with Crippen LogP contribution in [0.3, 0.4) is 0 Å². The summed E-state index contributed by atoms with van der Waals surface area (Å²) in [5.74, 6) is 0. The van der Waals surface area contributed by atoms with E-state index in [2.05, 4.69) is 84.2 Å². The van der Waals surface area contributed by atoms with Crippen LogP contribution >= 0.6 is 0 Å². The number of nitrogens with one attached hydrogen (secondary N) is 1. The molecule has 1 N–H and O–H groups in total. The zero-order chi connectivity index (χ0) is 23.1. The molecule has 0 unspecified atom stereocenters. The molecule has 3 heterocycles. The van der Waals surface area contributed by atoms with Gasteiger partial charge in [0.1, 0.15) is 0 Å². The summed E-state index contributed by atoms with van der Waals surface area (Å²) in [6.07, 6.45) is 14.6. The number of hydrogen-bond acceptors (Lipinski definition) is 2. The van der Waals surface area contributed by atoms with E-state index in [1.54, 1.807) is 3.58 Å². The molecule has 0 saturated heterocycles. The normalized spacial score (nSPS) is 12.0. The minimum atomic E-state index is -2.44. The number of imidazole rings is 1. The second-order valence-electron chi connectivity index (χ2n) is 9.44. The summed E-state index contributed by atoms with van der Waals surface area (Å²) in [4.78, 5) is 4.95. The van der Waals surface area contributed by atoms with Gasteiger partial charge in [-0.25, -0.2) is 0 Å². The molecule has 0 saturated carbocycles. The van der Waals surface area contributed by atoms with E-state index >= 15 is 0 Å². The van der Waals surface area contributed by atoms with Crippen LogP contribution in [0.4, 0.5) is 0 Å². The van der Waals surface area contributed by atoms with E-state index in [9.17, 15) is 0 Å². The van der Waals surface area contributed by atoms with E-state index < -0.39 is 18.4 Å². The molecule has 0 radical (unpaired) electrons. The Hall–Kier alpha value is -2.08. The number of benzene rings is 1. The number of rotatable bonds is 12. The molecular formula is C28H38N4Sn. The van der Waals surface area contributed by atoms with Gasteiger partial charge in [0.05, 0.1) is 0 Å². The first-order valence-corrected chi connectivity index (χ1v) is 20.3. The van der Waals surface area contributed by atoms with Gasteiger partial charge >= 0.3 is 203 Å². The van der Waals surface area contributed by atoms with Crippen LogP contribution in [-0.2, 0) is 0 Å². The molecule has 4 rings (SSSR count). The number of aromatic amines is 1. The van der Waals surface area contributed by atoms with Gasteiger partial charge in [-0.1, -0.05) is 0 Å². The van der Waals surface area contributed by atoms with Crippen molar-refractivity contribution in [3.8, 4) is 22.5 Å². The molecule has 1 aromatic carbocycles. The molecule has 4 aromatic rings. The van der Waals surface area contributed by atoms with Gasteiger partial charge in [-0.2, -0.15) is 0 Å². The number of aromatic nitrogens is 4. The molecule has 5 heteroatoms. The van der Waals surface area contributed by atoms with E-state index in [0.29, 0.717) is 0 Å². The Balaban J connectivity index is 1.66. The second-order valence-corrected chi connectivity index (χ2v) is 22.7. The van der Waals surface area contributed by atoms with Crippen LogP contribution in [0.2, 0.25) is 13.3 Å². The molecule has 0 fully saturated rings. The molecular weight excluding hydrogens is 511 g/mol. The Morgan fingerprint density at radius 3 is 1.88 bits per heavy atom. The first-order valence-electron chi connectivity index (χ1n) is 12.8. The van der Waals surface area contributed by atoms with Crippen molar-refractivity contribution >= 4 is 27.6 Å². The molecule has 0 aliphatic rings. The van der Waals surface area contributed by atoms with Gasteiger partial charge in [0.2, 0.25) is 0 Å². The zero-order valence-corrected chi connectivity index (χ0v) is 23.3. The van der Waals surface area contributed by atoms with Crippen molar-refractivity contribution < 1.29 is 0 Å². The van der Waals surface area contributed by atoms with Crippen molar-refractivity contribution in [3.63, 3.8) is 0 Å². The molecule has 0 atom stereocenters. The topological polar surface area (TPSA) is 46.0 Å². The summed E-state index contributed by atoms with van der Waals surface area (Å²) in [7, 11) is 0.